The molecule has 0 spiro atoms. The molecule has 5 heteroatoms. The van der Waals surface area contributed by atoms with Crippen molar-refractivity contribution in [2.24, 2.45) is 5.92 Å². The Balaban J connectivity index is 2.09. The lowest BCUT2D eigenvalue weighted by atomic mass is 9.97. The predicted octanol–water partition coefficient (Wildman–Crippen LogP) is 3.39. The summed E-state index contributed by atoms with van der Waals surface area (Å²) in [5.41, 5.74) is 1.02. The summed E-state index contributed by atoms with van der Waals surface area (Å²) in [6.45, 7) is 0. The minimum absolute atomic E-state index is 0.426. The Morgan fingerprint density at radius 3 is 2.89 bits per heavy atom. The van der Waals surface area contributed by atoms with E-state index >= 15 is 0 Å². The van der Waals surface area contributed by atoms with Gasteiger partial charge in [-0.1, -0.05) is 28.1 Å². The third-order valence-corrected chi connectivity index (χ3v) is 3.92. The van der Waals surface area contributed by atoms with Crippen molar-refractivity contribution in [2.45, 2.75) is 12.8 Å². The van der Waals surface area contributed by atoms with Gasteiger partial charge in [0.2, 0.25) is 0 Å². The molecule has 18 heavy (non-hydrogen) atoms. The van der Waals surface area contributed by atoms with Crippen molar-refractivity contribution >= 4 is 33.2 Å². The van der Waals surface area contributed by atoms with Crippen molar-refractivity contribution in [3.05, 3.63) is 50.9 Å². The Morgan fingerprint density at radius 1 is 1.44 bits per heavy atom. The van der Waals surface area contributed by atoms with Crippen molar-refractivity contribution in [2.75, 3.05) is 0 Å². The largest absolute Gasteiger partial charge is 0.481 e. The van der Waals surface area contributed by atoms with Gasteiger partial charge in [-0.3, -0.25) is 4.79 Å². The number of carboxylic acid groups (broad SMARTS) is 1. The van der Waals surface area contributed by atoms with E-state index in [2.05, 4.69) is 20.9 Å². The molecule has 3 nitrogen and oxygen atoms in total. The quantitative estimate of drug-likeness (QED) is 0.916. The molecular weight excluding hydrogens is 314 g/mol. The second-order valence-corrected chi connectivity index (χ2v) is 5.89. The minimum Gasteiger partial charge on any atom is -0.481 e. The highest BCUT2D eigenvalue weighted by Crippen LogP contribution is 2.19. The third-order valence-electron chi connectivity index (χ3n) is 2.62. The van der Waals surface area contributed by atoms with Crippen LogP contribution in [0, 0.1) is 5.92 Å². The zero-order chi connectivity index (χ0) is 13.0. The number of hydrogen-bond donors (Lipinski definition) is 1. The van der Waals surface area contributed by atoms with Crippen molar-refractivity contribution in [3.63, 3.8) is 0 Å². The zero-order valence-electron chi connectivity index (χ0n) is 9.54. The summed E-state index contributed by atoms with van der Waals surface area (Å²) < 4.78 is 0.971. The molecule has 1 heterocycles. The molecular formula is C13H12BrNO2S. The van der Waals surface area contributed by atoms with Crippen molar-refractivity contribution in [1.29, 1.82) is 0 Å². The first-order chi connectivity index (χ1) is 8.65. The average Bonchev–Trinajstić information content (AvgIpc) is 2.81. The molecule has 0 bridgehead atoms. The molecule has 0 aliphatic carbocycles. The summed E-state index contributed by atoms with van der Waals surface area (Å²) in [7, 11) is 0. The maximum Gasteiger partial charge on any atom is 0.307 e. The topological polar surface area (TPSA) is 50.2 Å². The molecule has 0 saturated carbocycles. The number of carbonyl (C=O) groups is 1. The number of carboxylic acids is 1. The Hall–Kier alpha value is -1.20. The lowest BCUT2D eigenvalue weighted by molar-refractivity contribution is -0.141. The first kappa shape index (κ1) is 13.2. The van der Waals surface area contributed by atoms with E-state index in [4.69, 9.17) is 0 Å². The van der Waals surface area contributed by atoms with Gasteiger partial charge >= 0.3 is 5.97 Å². The standard InChI is InChI=1S/C13H12BrNO2S/c14-11-3-1-2-9(7-11)6-10(13(16)17)8-12-15-4-5-18-12/h1-5,7,10H,6,8H2,(H,16,17). The number of rotatable bonds is 5. The lowest BCUT2D eigenvalue weighted by Gasteiger charge is -2.11. The summed E-state index contributed by atoms with van der Waals surface area (Å²) in [4.78, 5) is 15.4. The molecule has 1 aromatic carbocycles. The van der Waals surface area contributed by atoms with Gasteiger partial charge in [-0.25, -0.2) is 4.98 Å². The Kier molecular flexibility index (Phi) is 4.49. The molecule has 1 atom stereocenters. The summed E-state index contributed by atoms with van der Waals surface area (Å²) in [6.07, 6.45) is 2.71. The van der Waals surface area contributed by atoms with Crippen LogP contribution in [0.5, 0.6) is 0 Å². The fourth-order valence-corrected chi connectivity index (χ4v) is 2.90. The molecule has 2 rings (SSSR count). The van der Waals surface area contributed by atoms with E-state index in [-0.39, 0.29) is 0 Å². The van der Waals surface area contributed by atoms with Crippen LogP contribution in [-0.4, -0.2) is 16.1 Å². The third kappa shape index (κ3) is 3.65. The van der Waals surface area contributed by atoms with Gasteiger partial charge in [0.25, 0.3) is 0 Å². The normalized spacial score (nSPS) is 12.3. The molecule has 0 aliphatic heterocycles. The fourth-order valence-electron chi connectivity index (χ4n) is 1.76. The van der Waals surface area contributed by atoms with Crippen LogP contribution in [0.25, 0.3) is 0 Å². The molecule has 0 radical (unpaired) electrons. The number of aliphatic carboxylic acids is 1. The van der Waals surface area contributed by atoms with E-state index in [9.17, 15) is 9.90 Å². The molecule has 2 aromatic rings. The SMILES string of the molecule is O=C(O)C(Cc1cccc(Br)c1)Cc1nccs1. The second kappa shape index (κ2) is 6.11. The van der Waals surface area contributed by atoms with Crippen LogP contribution in [0.1, 0.15) is 10.6 Å². The highest BCUT2D eigenvalue weighted by atomic mass is 79.9. The highest BCUT2D eigenvalue weighted by Gasteiger charge is 2.19. The molecule has 1 aromatic heterocycles. The van der Waals surface area contributed by atoms with Gasteiger partial charge in [-0.2, -0.15) is 0 Å². The number of halogens is 1. The summed E-state index contributed by atoms with van der Waals surface area (Å²) in [5, 5.41) is 12.0. The van der Waals surface area contributed by atoms with Gasteiger partial charge in [0.1, 0.15) is 0 Å². The van der Waals surface area contributed by atoms with Crippen LogP contribution < -0.4 is 0 Å². The Bertz CT molecular complexity index is 528. The van der Waals surface area contributed by atoms with Gasteiger partial charge < -0.3 is 5.11 Å². The second-order valence-electron chi connectivity index (χ2n) is 4.00. The van der Waals surface area contributed by atoms with Crippen LogP contribution in [0.4, 0.5) is 0 Å². The summed E-state index contributed by atoms with van der Waals surface area (Å²) in [5.74, 6) is -1.20. The van der Waals surface area contributed by atoms with Crippen LogP contribution in [0.2, 0.25) is 0 Å². The molecule has 0 saturated heterocycles. The van der Waals surface area contributed by atoms with Crippen LogP contribution >= 0.6 is 27.3 Å². The van der Waals surface area contributed by atoms with E-state index < -0.39 is 11.9 Å². The van der Waals surface area contributed by atoms with E-state index in [1.807, 2.05) is 29.6 Å². The fraction of sp³-hybridized carbons (Fsp3) is 0.231. The molecule has 0 aliphatic rings. The molecule has 1 N–H and O–H groups in total. The molecule has 1 unspecified atom stereocenters. The maximum absolute atomic E-state index is 11.3. The maximum atomic E-state index is 11.3. The lowest BCUT2D eigenvalue weighted by Crippen LogP contribution is -2.19. The van der Waals surface area contributed by atoms with Crippen LogP contribution in [-0.2, 0) is 17.6 Å². The van der Waals surface area contributed by atoms with Crippen LogP contribution in [0.3, 0.4) is 0 Å². The van der Waals surface area contributed by atoms with Crippen molar-refractivity contribution in [1.82, 2.24) is 4.98 Å². The van der Waals surface area contributed by atoms with Crippen LogP contribution in [0.15, 0.2) is 40.3 Å². The zero-order valence-corrected chi connectivity index (χ0v) is 11.9. The number of thiazole rings is 1. The van der Waals surface area contributed by atoms with Crippen molar-refractivity contribution in [3.8, 4) is 0 Å². The average molecular weight is 326 g/mol. The van der Waals surface area contributed by atoms with E-state index in [1.165, 1.54) is 11.3 Å². The van der Waals surface area contributed by atoms with Gasteiger partial charge in [0.05, 0.1) is 10.9 Å². The van der Waals surface area contributed by atoms with Crippen molar-refractivity contribution < 1.29 is 9.90 Å². The predicted molar refractivity (Wildman–Crippen MR) is 74.8 cm³/mol. The number of hydrogen-bond acceptors (Lipinski definition) is 3. The number of nitrogens with zero attached hydrogens (tertiary/aromatic N) is 1. The minimum atomic E-state index is -0.773. The molecule has 94 valence electrons. The van der Waals surface area contributed by atoms with E-state index in [0.717, 1.165) is 15.0 Å². The first-order valence-corrected chi connectivity index (χ1v) is 7.18. The Morgan fingerprint density at radius 2 is 2.28 bits per heavy atom. The molecule has 0 amide bonds. The number of aromatic nitrogens is 1. The van der Waals surface area contributed by atoms with Gasteiger partial charge in [0.15, 0.2) is 0 Å². The van der Waals surface area contributed by atoms with E-state index in [1.54, 1.807) is 6.20 Å². The summed E-state index contributed by atoms with van der Waals surface area (Å²) >= 11 is 4.89. The first-order valence-electron chi connectivity index (χ1n) is 5.51. The molecule has 0 fully saturated rings. The monoisotopic (exact) mass is 325 g/mol. The van der Waals surface area contributed by atoms with E-state index in [0.29, 0.717) is 12.8 Å². The van der Waals surface area contributed by atoms with Gasteiger partial charge in [-0.15, -0.1) is 11.3 Å². The van der Waals surface area contributed by atoms with Gasteiger partial charge in [-0.05, 0) is 24.1 Å². The summed E-state index contributed by atoms with van der Waals surface area (Å²) in [6, 6.07) is 7.75. The Labute approximate surface area is 118 Å². The smallest absolute Gasteiger partial charge is 0.307 e. The highest BCUT2D eigenvalue weighted by molar-refractivity contribution is 9.10. The number of benzene rings is 1. The van der Waals surface area contributed by atoms with Gasteiger partial charge in [0, 0.05) is 22.5 Å².